The fourth-order valence-electron chi connectivity index (χ4n) is 2.41. The first-order chi connectivity index (χ1) is 9.70. The standard InChI is InChI=1S/C16H15N3O/c1-2-12-14(8-9-15(17)18-12)19-13-6-4-3-5-11(13)7-10-16(19)20/h3-10H,2H2,1H3,(H2,17,18). The van der Waals surface area contributed by atoms with Gasteiger partial charge >= 0.3 is 0 Å². The van der Waals surface area contributed by atoms with Crippen LogP contribution in [0.5, 0.6) is 0 Å². The van der Waals surface area contributed by atoms with Crippen molar-refractivity contribution in [2.75, 3.05) is 5.73 Å². The number of para-hydroxylation sites is 1. The summed E-state index contributed by atoms with van der Waals surface area (Å²) in [6.07, 6.45) is 0.718. The van der Waals surface area contributed by atoms with E-state index in [1.54, 1.807) is 16.7 Å². The predicted molar refractivity (Wildman–Crippen MR) is 81.1 cm³/mol. The van der Waals surface area contributed by atoms with Crippen molar-refractivity contribution in [1.82, 2.24) is 9.55 Å². The van der Waals surface area contributed by atoms with Gasteiger partial charge in [0, 0.05) is 6.07 Å². The average Bonchev–Trinajstić information content (AvgIpc) is 2.48. The van der Waals surface area contributed by atoms with Gasteiger partial charge in [-0.25, -0.2) is 4.98 Å². The van der Waals surface area contributed by atoms with E-state index < -0.39 is 0 Å². The third-order valence-electron chi connectivity index (χ3n) is 3.35. The smallest absolute Gasteiger partial charge is 0.255 e. The highest BCUT2D eigenvalue weighted by Crippen LogP contribution is 2.19. The van der Waals surface area contributed by atoms with E-state index in [9.17, 15) is 4.79 Å². The number of nitrogens with two attached hydrogens (primary N) is 1. The van der Waals surface area contributed by atoms with Crippen LogP contribution in [-0.2, 0) is 6.42 Å². The molecule has 4 heteroatoms. The van der Waals surface area contributed by atoms with E-state index in [4.69, 9.17) is 5.73 Å². The van der Waals surface area contributed by atoms with Gasteiger partial charge in [-0.15, -0.1) is 0 Å². The normalized spacial score (nSPS) is 10.8. The van der Waals surface area contributed by atoms with Gasteiger partial charge in [-0.1, -0.05) is 25.1 Å². The van der Waals surface area contributed by atoms with Crippen LogP contribution in [0.3, 0.4) is 0 Å². The maximum atomic E-state index is 12.3. The van der Waals surface area contributed by atoms with Crippen LogP contribution < -0.4 is 11.3 Å². The molecular weight excluding hydrogens is 250 g/mol. The number of nitrogens with zero attached hydrogens (tertiary/aromatic N) is 2. The van der Waals surface area contributed by atoms with Crippen LogP contribution in [0.4, 0.5) is 5.82 Å². The molecular formula is C16H15N3O. The van der Waals surface area contributed by atoms with Gasteiger partial charge in [-0.3, -0.25) is 9.36 Å². The molecule has 100 valence electrons. The van der Waals surface area contributed by atoms with E-state index in [0.717, 1.165) is 28.7 Å². The van der Waals surface area contributed by atoms with Crippen LogP contribution in [0.1, 0.15) is 12.6 Å². The van der Waals surface area contributed by atoms with Gasteiger partial charge in [-0.05, 0) is 36.1 Å². The zero-order chi connectivity index (χ0) is 14.1. The molecule has 0 bridgehead atoms. The van der Waals surface area contributed by atoms with Crippen LogP contribution in [0, 0.1) is 0 Å². The second-order valence-electron chi connectivity index (χ2n) is 4.62. The monoisotopic (exact) mass is 265 g/mol. The van der Waals surface area contributed by atoms with Crippen molar-refractivity contribution >= 4 is 16.7 Å². The minimum atomic E-state index is -0.0648. The van der Waals surface area contributed by atoms with Gasteiger partial charge in [0.15, 0.2) is 0 Å². The lowest BCUT2D eigenvalue weighted by Crippen LogP contribution is -2.19. The van der Waals surface area contributed by atoms with E-state index in [-0.39, 0.29) is 5.56 Å². The maximum Gasteiger partial charge on any atom is 0.255 e. The third-order valence-corrected chi connectivity index (χ3v) is 3.35. The molecule has 0 unspecified atom stereocenters. The predicted octanol–water partition coefficient (Wildman–Crippen LogP) is 2.53. The number of pyridine rings is 2. The molecule has 0 amide bonds. The molecule has 0 fully saturated rings. The molecule has 0 radical (unpaired) electrons. The molecule has 0 saturated carbocycles. The van der Waals surface area contributed by atoms with E-state index in [1.165, 1.54) is 0 Å². The Balaban J connectivity index is 2.40. The van der Waals surface area contributed by atoms with Gasteiger partial charge in [0.2, 0.25) is 0 Å². The number of benzene rings is 1. The average molecular weight is 265 g/mol. The van der Waals surface area contributed by atoms with E-state index in [2.05, 4.69) is 4.98 Å². The molecule has 0 spiro atoms. The van der Waals surface area contributed by atoms with Gasteiger partial charge < -0.3 is 5.73 Å². The number of fused-ring (bicyclic) bond motifs is 1. The third kappa shape index (κ3) is 1.95. The van der Waals surface area contributed by atoms with Gasteiger partial charge in [0.1, 0.15) is 5.82 Å². The van der Waals surface area contributed by atoms with Crippen molar-refractivity contribution in [3.05, 3.63) is 64.6 Å². The fraction of sp³-hybridized carbons (Fsp3) is 0.125. The summed E-state index contributed by atoms with van der Waals surface area (Å²) in [4.78, 5) is 16.6. The molecule has 20 heavy (non-hydrogen) atoms. The van der Waals surface area contributed by atoms with E-state index in [1.807, 2.05) is 43.3 Å². The summed E-state index contributed by atoms with van der Waals surface area (Å²) >= 11 is 0. The number of hydrogen-bond acceptors (Lipinski definition) is 3. The first-order valence-corrected chi connectivity index (χ1v) is 6.57. The summed E-state index contributed by atoms with van der Waals surface area (Å²) in [5.41, 5.74) is 8.16. The number of aryl methyl sites for hydroxylation is 1. The van der Waals surface area contributed by atoms with E-state index in [0.29, 0.717) is 5.82 Å². The highest BCUT2D eigenvalue weighted by molar-refractivity contribution is 5.80. The maximum absolute atomic E-state index is 12.3. The van der Waals surface area contributed by atoms with Crippen LogP contribution in [0.25, 0.3) is 16.6 Å². The Bertz CT molecular complexity index is 836. The molecule has 4 nitrogen and oxygen atoms in total. The summed E-state index contributed by atoms with van der Waals surface area (Å²) in [5.74, 6) is 0.471. The summed E-state index contributed by atoms with van der Waals surface area (Å²) < 4.78 is 1.70. The second-order valence-corrected chi connectivity index (χ2v) is 4.62. The van der Waals surface area contributed by atoms with Crippen molar-refractivity contribution in [2.45, 2.75) is 13.3 Å². The van der Waals surface area contributed by atoms with Crippen LogP contribution in [0.2, 0.25) is 0 Å². The summed E-state index contributed by atoms with van der Waals surface area (Å²) in [5, 5.41) is 1.02. The molecule has 0 saturated heterocycles. The zero-order valence-electron chi connectivity index (χ0n) is 11.2. The first-order valence-electron chi connectivity index (χ1n) is 6.57. The molecule has 2 N–H and O–H groups in total. The molecule has 0 aliphatic carbocycles. The quantitative estimate of drug-likeness (QED) is 0.774. The van der Waals surface area contributed by atoms with Crippen LogP contribution in [-0.4, -0.2) is 9.55 Å². The molecule has 0 atom stereocenters. The number of anilines is 1. The lowest BCUT2D eigenvalue weighted by atomic mass is 10.1. The SMILES string of the molecule is CCc1nc(N)ccc1-n1c(=O)ccc2ccccc21. The molecule has 3 rings (SSSR count). The minimum absolute atomic E-state index is 0.0648. The Morgan fingerprint density at radius 2 is 1.90 bits per heavy atom. The largest absolute Gasteiger partial charge is 0.384 e. The fourth-order valence-corrected chi connectivity index (χ4v) is 2.41. The van der Waals surface area contributed by atoms with Crippen molar-refractivity contribution in [3.63, 3.8) is 0 Å². The summed E-state index contributed by atoms with van der Waals surface area (Å²) in [7, 11) is 0. The number of rotatable bonds is 2. The highest BCUT2D eigenvalue weighted by atomic mass is 16.1. The van der Waals surface area contributed by atoms with Crippen molar-refractivity contribution < 1.29 is 0 Å². The van der Waals surface area contributed by atoms with Crippen molar-refractivity contribution in [3.8, 4) is 5.69 Å². The Morgan fingerprint density at radius 1 is 1.10 bits per heavy atom. The number of nitrogen functional groups attached to an aromatic ring is 1. The number of aromatic nitrogens is 2. The molecule has 0 aliphatic rings. The molecule has 1 aromatic carbocycles. The minimum Gasteiger partial charge on any atom is -0.384 e. The van der Waals surface area contributed by atoms with Gasteiger partial charge in [0.05, 0.1) is 16.9 Å². The van der Waals surface area contributed by atoms with Gasteiger partial charge in [-0.2, -0.15) is 0 Å². The molecule has 2 heterocycles. The Morgan fingerprint density at radius 3 is 2.70 bits per heavy atom. The molecule has 2 aromatic heterocycles. The van der Waals surface area contributed by atoms with E-state index >= 15 is 0 Å². The Kier molecular flexibility index (Phi) is 2.99. The topological polar surface area (TPSA) is 60.9 Å². The highest BCUT2D eigenvalue weighted by Gasteiger charge is 2.10. The second kappa shape index (κ2) is 4.81. The summed E-state index contributed by atoms with van der Waals surface area (Å²) in [6, 6.07) is 14.8. The van der Waals surface area contributed by atoms with Crippen molar-refractivity contribution in [2.24, 2.45) is 0 Å². The zero-order valence-corrected chi connectivity index (χ0v) is 11.2. The van der Waals surface area contributed by atoms with Crippen molar-refractivity contribution in [1.29, 1.82) is 0 Å². The van der Waals surface area contributed by atoms with Crippen LogP contribution in [0.15, 0.2) is 53.3 Å². The Labute approximate surface area is 116 Å². The number of hydrogen-bond donors (Lipinski definition) is 1. The Hall–Kier alpha value is -2.62. The molecule has 3 aromatic rings. The lowest BCUT2D eigenvalue weighted by molar-refractivity contribution is 0.951. The lowest BCUT2D eigenvalue weighted by Gasteiger charge is -2.13. The summed E-state index contributed by atoms with van der Waals surface area (Å²) in [6.45, 7) is 2.00. The van der Waals surface area contributed by atoms with Crippen LogP contribution >= 0.6 is 0 Å². The van der Waals surface area contributed by atoms with Gasteiger partial charge in [0.25, 0.3) is 5.56 Å². The first kappa shape index (κ1) is 12.4. The molecule has 0 aliphatic heterocycles.